The number of aliphatic carboxylic acids is 1. The van der Waals surface area contributed by atoms with Gasteiger partial charge in [0.25, 0.3) is 0 Å². The number of esters is 1. The van der Waals surface area contributed by atoms with Crippen molar-refractivity contribution in [3.05, 3.63) is 33.8 Å². The van der Waals surface area contributed by atoms with Gasteiger partial charge in [-0.1, -0.05) is 29.3 Å². The van der Waals surface area contributed by atoms with Crippen LogP contribution in [0.2, 0.25) is 10.0 Å². The molecule has 1 aromatic carbocycles. The maximum Gasteiger partial charge on any atom is 0.306 e. The topological polar surface area (TPSA) is 63.6 Å². The van der Waals surface area contributed by atoms with E-state index in [4.69, 9.17) is 33.0 Å². The molecule has 0 aliphatic heterocycles. The minimum atomic E-state index is -1.04. The Morgan fingerprint density at radius 3 is 2.53 bits per heavy atom. The molecule has 1 rings (SSSR count). The first-order chi connectivity index (χ1) is 7.99. The fraction of sp³-hybridized carbons (Fsp3) is 0.273. The van der Waals surface area contributed by atoms with Crippen LogP contribution in [-0.2, 0) is 20.9 Å². The smallest absolute Gasteiger partial charge is 0.306 e. The minimum absolute atomic E-state index is 0.00839. The number of carbonyl (C=O) groups is 2. The number of carboxylic acids is 1. The van der Waals surface area contributed by atoms with Gasteiger partial charge in [0.05, 0.1) is 12.8 Å². The molecule has 0 heterocycles. The number of benzene rings is 1. The Morgan fingerprint density at radius 2 is 1.94 bits per heavy atom. The fourth-order valence-corrected chi connectivity index (χ4v) is 1.54. The van der Waals surface area contributed by atoms with E-state index in [0.717, 1.165) is 0 Å². The SMILES string of the molecule is O=C(O)CCC(=O)OCc1ccc(Cl)cc1Cl. The molecule has 0 radical (unpaired) electrons. The molecule has 92 valence electrons. The predicted octanol–water partition coefficient (Wildman–Crippen LogP) is 2.90. The molecule has 0 atom stereocenters. The van der Waals surface area contributed by atoms with Crippen molar-refractivity contribution in [1.82, 2.24) is 0 Å². The maximum absolute atomic E-state index is 11.1. The molecular formula is C11H10Cl2O4. The van der Waals surface area contributed by atoms with Crippen molar-refractivity contribution in [2.24, 2.45) is 0 Å². The Balaban J connectivity index is 2.44. The van der Waals surface area contributed by atoms with Gasteiger partial charge >= 0.3 is 11.9 Å². The van der Waals surface area contributed by atoms with Crippen LogP contribution in [0.25, 0.3) is 0 Å². The van der Waals surface area contributed by atoms with Crippen LogP contribution in [0.3, 0.4) is 0 Å². The third-order valence-electron chi connectivity index (χ3n) is 1.95. The lowest BCUT2D eigenvalue weighted by atomic mass is 10.2. The summed E-state index contributed by atoms with van der Waals surface area (Å²) in [6, 6.07) is 4.83. The Hall–Kier alpha value is -1.26. The van der Waals surface area contributed by atoms with Crippen LogP contribution in [0.1, 0.15) is 18.4 Å². The average Bonchev–Trinajstić information content (AvgIpc) is 2.25. The molecule has 0 saturated heterocycles. The highest BCUT2D eigenvalue weighted by molar-refractivity contribution is 6.35. The van der Waals surface area contributed by atoms with Crippen molar-refractivity contribution in [2.75, 3.05) is 0 Å². The van der Waals surface area contributed by atoms with Gasteiger partial charge in [0, 0.05) is 15.6 Å². The Labute approximate surface area is 108 Å². The molecule has 1 N–H and O–H groups in total. The highest BCUT2D eigenvalue weighted by Crippen LogP contribution is 2.21. The van der Waals surface area contributed by atoms with Crippen LogP contribution in [-0.4, -0.2) is 17.0 Å². The second-order valence-electron chi connectivity index (χ2n) is 3.29. The molecule has 17 heavy (non-hydrogen) atoms. The van der Waals surface area contributed by atoms with Gasteiger partial charge in [-0.05, 0) is 12.1 Å². The van der Waals surface area contributed by atoms with Gasteiger partial charge < -0.3 is 9.84 Å². The van der Waals surface area contributed by atoms with Crippen LogP contribution < -0.4 is 0 Å². The molecule has 0 fully saturated rings. The van der Waals surface area contributed by atoms with Crippen LogP contribution in [0.5, 0.6) is 0 Å². The standard InChI is InChI=1S/C11H10Cl2O4/c12-8-2-1-7(9(13)5-8)6-17-11(16)4-3-10(14)15/h1-2,5H,3-4,6H2,(H,14,15). The van der Waals surface area contributed by atoms with Crippen molar-refractivity contribution < 1.29 is 19.4 Å². The zero-order valence-electron chi connectivity index (χ0n) is 8.78. The number of rotatable bonds is 5. The van der Waals surface area contributed by atoms with Crippen molar-refractivity contribution in [1.29, 1.82) is 0 Å². The first kappa shape index (κ1) is 13.8. The van der Waals surface area contributed by atoms with E-state index < -0.39 is 11.9 Å². The molecule has 0 unspecified atom stereocenters. The number of carboxylic acid groups (broad SMARTS) is 1. The lowest BCUT2D eigenvalue weighted by Gasteiger charge is -2.06. The van der Waals surface area contributed by atoms with E-state index in [1.54, 1.807) is 18.2 Å². The van der Waals surface area contributed by atoms with Gasteiger partial charge in [0.2, 0.25) is 0 Å². The van der Waals surface area contributed by atoms with Gasteiger partial charge in [-0.25, -0.2) is 0 Å². The Kier molecular flexibility index (Phi) is 5.25. The highest BCUT2D eigenvalue weighted by atomic mass is 35.5. The van der Waals surface area contributed by atoms with Crippen molar-refractivity contribution >= 4 is 35.1 Å². The van der Waals surface area contributed by atoms with Gasteiger partial charge in [0.15, 0.2) is 0 Å². The monoisotopic (exact) mass is 276 g/mol. The lowest BCUT2D eigenvalue weighted by Crippen LogP contribution is -2.07. The van der Waals surface area contributed by atoms with E-state index in [9.17, 15) is 9.59 Å². The Bertz CT molecular complexity index is 431. The van der Waals surface area contributed by atoms with E-state index in [0.29, 0.717) is 15.6 Å². The molecule has 1 aromatic rings. The van der Waals surface area contributed by atoms with Gasteiger partial charge in [0.1, 0.15) is 6.61 Å². The average molecular weight is 277 g/mol. The summed E-state index contributed by atoms with van der Waals surface area (Å²) in [5.74, 6) is -1.61. The van der Waals surface area contributed by atoms with Crippen LogP contribution in [0.15, 0.2) is 18.2 Å². The number of hydrogen-bond acceptors (Lipinski definition) is 3. The van der Waals surface area contributed by atoms with Crippen LogP contribution in [0, 0.1) is 0 Å². The van der Waals surface area contributed by atoms with Crippen molar-refractivity contribution in [2.45, 2.75) is 19.4 Å². The van der Waals surface area contributed by atoms with Gasteiger partial charge in [-0.15, -0.1) is 0 Å². The number of ether oxygens (including phenoxy) is 1. The summed E-state index contributed by atoms with van der Waals surface area (Å²) in [6.07, 6.45) is -0.395. The number of hydrogen-bond donors (Lipinski definition) is 1. The van der Waals surface area contributed by atoms with Crippen LogP contribution in [0.4, 0.5) is 0 Å². The van der Waals surface area contributed by atoms with E-state index in [1.165, 1.54) is 0 Å². The molecule has 0 aromatic heterocycles. The van der Waals surface area contributed by atoms with Crippen molar-refractivity contribution in [3.8, 4) is 0 Å². The van der Waals surface area contributed by atoms with Crippen molar-refractivity contribution in [3.63, 3.8) is 0 Å². The molecule has 0 saturated carbocycles. The third kappa shape index (κ3) is 5.06. The van der Waals surface area contributed by atoms with E-state index in [1.807, 2.05) is 0 Å². The Morgan fingerprint density at radius 1 is 1.24 bits per heavy atom. The molecule has 0 bridgehead atoms. The predicted molar refractivity (Wildman–Crippen MR) is 63.1 cm³/mol. The summed E-state index contributed by atoms with van der Waals surface area (Å²) in [7, 11) is 0. The molecule has 0 aliphatic carbocycles. The first-order valence-corrected chi connectivity index (χ1v) is 5.56. The summed E-state index contributed by atoms with van der Waals surface area (Å²) in [5, 5.41) is 9.28. The van der Waals surface area contributed by atoms with E-state index in [2.05, 4.69) is 0 Å². The van der Waals surface area contributed by atoms with Crippen LogP contribution >= 0.6 is 23.2 Å². The summed E-state index contributed by atoms with van der Waals surface area (Å²) >= 11 is 11.6. The molecule has 0 amide bonds. The maximum atomic E-state index is 11.1. The zero-order valence-corrected chi connectivity index (χ0v) is 10.3. The molecule has 0 aliphatic rings. The number of carbonyl (C=O) groups excluding carboxylic acids is 1. The normalized spacial score (nSPS) is 10.0. The zero-order chi connectivity index (χ0) is 12.8. The highest BCUT2D eigenvalue weighted by Gasteiger charge is 2.08. The first-order valence-electron chi connectivity index (χ1n) is 4.80. The quantitative estimate of drug-likeness (QED) is 0.840. The third-order valence-corrected chi connectivity index (χ3v) is 2.53. The molecular weight excluding hydrogens is 267 g/mol. The van der Waals surface area contributed by atoms with E-state index in [-0.39, 0.29) is 19.4 Å². The molecule has 4 nitrogen and oxygen atoms in total. The van der Waals surface area contributed by atoms with Gasteiger partial charge in [-0.2, -0.15) is 0 Å². The molecule has 6 heteroatoms. The fourth-order valence-electron chi connectivity index (χ4n) is 1.08. The summed E-state index contributed by atoms with van der Waals surface area (Å²) in [5.41, 5.74) is 0.625. The summed E-state index contributed by atoms with van der Waals surface area (Å²) < 4.78 is 4.87. The summed E-state index contributed by atoms with van der Waals surface area (Å²) in [6.45, 7) is 0.00839. The summed E-state index contributed by atoms with van der Waals surface area (Å²) in [4.78, 5) is 21.4. The van der Waals surface area contributed by atoms with E-state index >= 15 is 0 Å². The molecule has 0 spiro atoms. The number of halogens is 2. The minimum Gasteiger partial charge on any atom is -0.481 e. The second-order valence-corrected chi connectivity index (χ2v) is 4.13. The lowest BCUT2D eigenvalue weighted by molar-refractivity contribution is -0.148. The second kappa shape index (κ2) is 6.47. The largest absolute Gasteiger partial charge is 0.481 e. The van der Waals surface area contributed by atoms with Gasteiger partial charge in [-0.3, -0.25) is 9.59 Å².